The molecule has 6 aliphatic rings. The van der Waals surface area contributed by atoms with Crippen molar-refractivity contribution in [2.24, 2.45) is 59.2 Å². The van der Waals surface area contributed by atoms with Gasteiger partial charge >= 0.3 is 11.9 Å². The van der Waals surface area contributed by atoms with Crippen molar-refractivity contribution in [1.29, 1.82) is 0 Å². The summed E-state index contributed by atoms with van der Waals surface area (Å²) in [6, 6.07) is 0. The molecule has 1 aliphatic heterocycles. The van der Waals surface area contributed by atoms with Crippen molar-refractivity contribution in [2.75, 3.05) is 0 Å². The van der Waals surface area contributed by atoms with Crippen molar-refractivity contribution in [3.05, 3.63) is 0 Å². The van der Waals surface area contributed by atoms with Gasteiger partial charge in [-0.2, -0.15) is 0 Å². The first kappa shape index (κ1) is 11.5. The molecule has 0 aromatic rings. The molecule has 21 heavy (non-hydrogen) atoms. The third-order valence-electron chi connectivity index (χ3n) is 7.97. The summed E-state index contributed by atoms with van der Waals surface area (Å²) < 4.78 is 10.8. The minimum Gasteiger partial charge on any atom is -0.422 e. The van der Waals surface area contributed by atoms with Crippen LogP contribution in [0.3, 0.4) is 0 Å². The van der Waals surface area contributed by atoms with E-state index in [0.717, 1.165) is 35.5 Å². The van der Waals surface area contributed by atoms with E-state index in [2.05, 4.69) is 0 Å². The van der Waals surface area contributed by atoms with Crippen LogP contribution in [-0.4, -0.2) is 17.7 Å². The Kier molecular flexibility index (Phi) is 1.65. The summed E-state index contributed by atoms with van der Waals surface area (Å²) in [5.74, 6) is 4.14. The molecule has 0 amide bonds. The van der Waals surface area contributed by atoms with Gasteiger partial charge in [0.2, 0.25) is 0 Å². The Bertz CT molecular complexity index is 570. The molecule has 0 aromatic carbocycles. The molecule has 5 saturated carbocycles. The average Bonchev–Trinajstić information content (AvgIpc) is 2.85. The largest absolute Gasteiger partial charge is 0.422 e. The van der Waals surface area contributed by atoms with Crippen LogP contribution < -0.4 is 0 Å². The zero-order valence-electron chi connectivity index (χ0n) is 12.3. The fraction of sp³-hybridized carbons (Fsp3) is 0.882. The average molecular weight is 288 g/mol. The first-order valence-electron chi connectivity index (χ1n) is 8.44. The molecule has 0 spiro atoms. The van der Waals surface area contributed by atoms with Crippen LogP contribution in [0.5, 0.6) is 0 Å². The minimum absolute atomic E-state index is 0.226. The molecule has 6 fully saturated rings. The number of rotatable bonds is 1. The van der Waals surface area contributed by atoms with Crippen molar-refractivity contribution in [3.63, 3.8) is 0 Å². The second kappa shape index (κ2) is 3.02. The summed E-state index contributed by atoms with van der Waals surface area (Å²) in [5, 5.41) is 0. The second-order valence-corrected chi connectivity index (χ2v) is 8.73. The zero-order valence-corrected chi connectivity index (χ0v) is 12.3. The summed E-state index contributed by atoms with van der Waals surface area (Å²) in [7, 11) is 0. The van der Waals surface area contributed by atoms with Gasteiger partial charge in [-0.15, -0.1) is 0 Å². The van der Waals surface area contributed by atoms with Gasteiger partial charge in [0, 0.05) is 13.8 Å². The van der Waals surface area contributed by atoms with Crippen LogP contribution >= 0.6 is 0 Å². The molecular weight excluding hydrogens is 268 g/mol. The molecular formula is C17H20O4. The molecule has 2 bridgehead atoms. The van der Waals surface area contributed by atoms with Gasteiger partial charge < -0.3 is 9.47 Å². The van der Waals surface area contributed by atoms with Crippen LogP contribution in [0.2, 0.25) is 0 Å². The predicted octanol–water partition coefficient (Wildman–Crippen LogP) is 1.83. The molecule has 9 atom stereocenters. The maximum Gasteiger partial charge on any atom is 0.323 e. The molecule has 0 radical (unpaired) electrons. The highest BCUT2D eigenvalue weighted by molar-refractivity contribution is 5.97. The number of hydrogen-bond acceptors (Lipinski definition) is 4. The van der Waals surface area contributed by atoms with E-state index >= 15 is 0 Å². The van der Waals surface area contributed by atoms with Gasteiger partial charge in [-0.05, 0) is 66.1 Å². The lowest BCUT2D eigenvalue weighted by atomic mass is 9.55. The highest BCUT2D eigenvalue weighted by Crippen LogP contribution is 2.85. The summed E-state index contributed by atoms with van der Waals surface area (Å²) in [5.41, 5.74) is 0. The third-order valence-corrected chi connectivity index (χ3v) is 7.97. The van der Waals surface area contributed by atoms with Crippen LogP contribution in [0.25, 0.3) is 0 Å². The lowest BCUT2D eigenvalue weighted by Gasteiger charge is -2.49. The predicted molar refractivity (Wildman–Crippen MR) is 70.4 cm³/mol. The molecule has 6 rings (SSSR count). The number of cyclic esters (lactones) is 2. The topological polar surface area (TPSA) is 52.6 Å². The van der Waals surface area contributed by atoms with Crippen molar-refractivity contribution in [1.82, 2.24) is 0 Å². The third kappa shape index (κ3) is 1.02. The summed E-state index contributed by atoms with van der Waals surface area (Å²) in [4.78, 5) is 25.0. The molecule has 4 heteroatoms. The van der Waals surface area contributed by atoms with E-state index in [1.807, 2.05) is 0 Å². The fourth-order valence-corrected chi connectivity index (χ4v) is 8.04. The van der Waals surface area contributed by atoms with E-state index < -0.39 is 11.7 Å². The SMILES string of the molecule is CC1(C)OC(=O)C([C@@H]2[C@@H]3[C@@H]4C[C@@H]5[C@H]6[C@H]4C[C@H]3[C@H]6[C@H]52)C(=O)O1. The number of hydrogen-bond donors (Lipinski definition) is 0. The van der Waals surface area contributed by atoms with Crippen LogP contribution in [0, 0.1) is 59.2 Å². The number of carbonyl (C=O) groups is 2. The molecule has 0 aromatic heterocycles. The molecule has 5 aliphatic carbocycles. The van der Waals surface area contributed by atoms with E-state index in [4.69, 9.17) is 9.47 Å². The standard InChI is InChI=1S/C17H20O4/c1-17(2)20-15(18)14(16(19)21-17)13-10-6-4-7-9-5(6)3-8(10)11(9)12(7)13/h5-14H,3-4H2,1-2H3/t5-,6+,7+,8+,9+,10+,11+,12-,13+/m0/s1. The summed E-state index contributed by atoms with van der Waals surface area (Å²) in [6.45, 7) is 3.28. The first-order valence-corrected chi connectivity index (χ1v) is 8.44. The Morgan fingerprint density at radius 2 is 1.24 bits per heavy atom. The van der Waals surface area contributed by atoms with Gasteiger partial charge in [-0.3, -0.25) is 9.59 Å². The van der Waals surface area contributed by atoms with Crippen molar-refractivity contribution < 1.29 is 19.1 Å². The molecule has 1 saturated heterocycles. The van der Waals surface area contributed by atoms with E-state index in [0.29, 0.717) is 11.8 Å². The summed E-state index contributed by atoms with van der Waals surface area (Å²) in [6.07, 6.45) is 2.74. The molecule has 0 N–H and O–H groups in total. The Hall–Kier alpha value is -1.06. The zero-order chi connectivity index (χ0) is 14.3. The van der Waals surface area contributed by atoms with Crippen LogP contribution in [0.1, 0.15) is 26.7 Å². The van der Waals surface area contributed by atoms with Gasteiger partial charge in [0.05, 0.1) is 0 Å². The fourth-order valence-electron chi connectivity index (χ4n) is 8.04. The Labute approximate surface area is 123 Å². The number of fused-ring (bicyclic) bond motifs is 2. The van der Waals surface area contributed by atoms with E-state index in [1.54, 1.807) is 13.8 Å². The monoisotopic (exact) mass is 288 g/mol. The smallest absolute Gasteiger partial charge is 0.323 e. The highest BCUT2D eigenvalue weighted by atomic mass is 16.7. The maximum absolute atomic E-state index is 12.5. The Balaban J connectivity index is 1.41. The Morgan fingerprint density at radius 3 is 1.81 bits per heavy atom. The lowest BCUT2D eigenvalue weighted by Crippen LogP contribution is -2.54. The number of esters is 2. The maximum atomic E-state index is 12.5. The van der Waals surface area contributed by atoms with Gasteiger partial charge in [0.1, 0.15) is 0 Å². The molecule has 0 unspecified atom stereocenters. The van der Waals surface area contributed by atoms with Crippen LogP contribution in [-0.2, 0) is 19.1 Å². The van der Waals surface area contributed by atoms with E-state index in [-0.39, 0.29) is 17.9 Å². The first-order chi connectivity index (χ1) is 9.98. The summed E-state index contributed by atoms with van der Waals surface area (Å²) >= 11 is 0. The molecule has 4 nitrogen and oxygen atoms in total. The van der Waals surface area contributed by atoms with Gasteiger partial charge in [-0.1, -0.05) is 0 Å². The van der Waals surface area contributed by atoms with Gasteiger partial charge in [-0.25, -0.2) is 0 Å². The van der Waals surface area contributed by atoms with Crippen molar-refractivity contribution >= 4 is 11.9 Å². The van der Waals surface area contributed by atoms with Crippen LogP contribution in [0.4, 0.5) is 0 Å². The highest BCUT2D eigenvalue weighted by Gasteiger charge is 2.82. The van der Waals surface area contributed by atoms with Crippen molar-refractivity contribution in [3.8, 4) is 0 Å². The quantitative estimate of drug-likeness (QED) is 0.545. The van der Waals surface area contributed by atoms with E-state index in [9.17, 15) is 9.59 Å². The van der Waals surface area contributed by atoms with Crippen LogP contribution in [0.15, 0.2) is 0 Å². The Morgan fingerprint density at radius 1 is 0.762 bits per heavy atom. The molecule has 1 heterocycles. The normalized spacial score (nSPS) is 61.1. The number of carbonyl (C=O) groups excluding carboxylic acids is 2. The second-order valence-electron chi connectivity index (χ2n) is 8.73. The van der Waals surface area contributed by atoms with Gasteiger partial charge in [0.15, 0.2) is 5.92 Å². The van der Waals surface area contributed by atoms with Crippen molar-refractivity contribution in [2.45, 2.75) is 32.5 Å². The number of ether oxygens (including phenoxy) is 2. The van der Waals surface area contributed by atoms with E-state index in [1.165, 1.54) is 12.8 Å². The molecule has 112 valence electrons. The lowest BCUT2D eigenvalue weighted by molar-refractivity contribution is -0.246. The minimum atomic E-state index is -1.09. The van der Waals surface area contributed by atoms with Gasteiger partial charge in [0.25, 0.3) is 5.79 Å².